The molecular weight excluding hydrogens is 832 g/mol. The van der Waals surface area contributed by atoms with Crippen LogP contribution in [0.2, 0.25) is 0 Å². The molecule has 0 unspecified atom stereocenters. The summed E-state index contributed by atoms with van der Waals surface area (Å²) in [5, 5.41) is 9.32. The van der Waals surface area contributed by atoms with Gasteiger partial charge in [-0.1, -0.05) is 171 Å². The first kappa shape index (κ1) is 42.8. The predicted molar refractivity (Wildman–Crippen MR) is 297 cm³/mol. The van der Waals surface area contributed by atoms with Gasteiger partial charge in [0, 0.05) is 44.3 Å². The van der Waals surface area contributed by atoms with Crippen molar-refractivity contribution in [1.82, 2.24) is 4.57 Å². The minimum Gasteiger partial charge on any atom is -0.355 e. The van der Waals surface area contributed by atoms with Crippen LogP contribution in [0.1, 0.15) is 134 Å². The van der Waals surface area contributed by atoms with Gasteiger partial charge in [-0.25, -0.2) is 0 Å². The highest BCUT2D eigenvalue weighted by Crippen LogP contribution is 2.56. The van der Waals surface area contributed by atoms with E-state index in [-0.39, 0.29) is 27.1 Å². The van der Waals surface area contributed by atoms with E-state index >= 15 is 0 Å². The fourth-order valence-corrected chi connectivity index (χ4v) is 13.6. The maximum absolute atomic E-state index is 4.08. The lowest BCUT2D eigenvalue weighted by Gasteiger charge is -2.43. The van der Waals surface area contributed by atoms with Crippen molar-refractivity contribution in [3.05, 3.63) is 172 Å². The molecule has 69 heavy (non-hydrogen) atoms. The summed E-state index contributed by atoms with van der Waals surface area (Å²) in [5.41, 5.74) is 26.6. The summed E-state index contributed by atoms with van der Waals surface area (Å²) in [5.74, 6) is 0. The average Bonchev–Trinajstić information content (AvgIpc) is 3.80. The van der Waals surface area contributed by atoms with Crippen molar-refractivity contribution in [3.8, 4) is 39.1 Å². The fraction of sp³-hybridized carbons (Fsp3) is 0.303. The van der Waals surface area contributed by atoms with E-state index in [1.165, 1.54) is 134 Å². The first-order chi connectivity index (χ1) is 32.8. The molecular formula is C66H64BN2. The van der Waals surface area contributed by atoms with Crippen molar-refractivity contribution in [2.24, 2.45) is 0 Å². The van der Waals surface area contributed by atoms with Crippen molar-refractivity contribution >= 4 is 62.2 Å². The fourth-order valence-electron chi connectivity index (χ4n) is 13.6. The van der Waals surface area contributed by atoms with Crippen molar-refractivity contribution in [3.63, 3.8) is 0 Å². The average molecular weight is 896 g/mol. The summed E-state index contributed by atoms with van der Waals surface area (Å²) in [6.45, 7) is 26.7. The largest absolute Gasteiger partial charge is 0.355 e. The number of nitrogens with one attached hydrogen (secondary N) is 1. The third-order valence-corrected chi connectivity index (χ3v) is 18.0. The SMILES string of the molecule is Cc1ccc(Nc2cc3c(cc2-c2cc(-c4cccc5c4-c4ccccc4C5(C)C)c4c5c6ccccc6ccc5n5c4c2[B]c2cc4c(cc2-5)C(C)(C)CCC4(C)C)C(C)(C)CCC3(C)C)cc1. The predicted octanol–water partition coefficient (Wildman–Crippen LogP) is 16.3. The van der Waals surface area contributed by atoms with E-state index in [0.717, 1.165) is 24.2 Å². The van der Waals surface area contributed by atoms with Gasteiger partial charge in [0.1, 0.15) is 0 Å². The highest BCUT2D eigenvalue weighted by molar-refractivity contribution is 6.74. The number of fused-ring (bicyclic) bond motifs is 12. The van der Waals surface area contributed by atoms with Gasteiger partial charge in [-0.05, 0) is 174 Å². The molecule has 13 rings (SSSR count). The number of rotatable bonds is 4. The van der Waals surface area contributed by atoms with Crippen LogP contribution in [0, 0.1) is 6.92 Å². The van der Waals surface area contributed by atoms with Gasteiger partial charge < -0.3 is 9.88 Å². The number of nitrogens with zero attached hydrogens (tertiary/aromatic N) is 1. The molecule has 3 heteroatoms. The number of aryl methyl sites for hydroxylation is 1. The Hall–Kier alpha value is -6.32. The molecule has 1 aromatic heterocycles. The Morgan fingerprint density at radius 1 is 0.478 bits per heavy atom. The van der Waals surface area contributed by atoms with Gasteiger partial charge in [0.2, 0.25) is 0 Å². The molecule has 0 bridgehead atoms. The number of aromatic nitrogens is 1. The van der Waals surface area contributed by atoms with E-state index in [4.69, 9.17) is 0 Å². The molecule has 0 atom stereocenters. The van der Waals surface area contributed by atoms with Crippen LogP contribution in [0.5, 0.6) is 0 Å². The number of hydrogen-bond donors (Lipinski definition) is 1. The maximum atomic E-state index is 4.08. The molecule has 341 valence electrons. The lowest BCUT2D eigenvalue weighted by Crippen LogP contribution is -2.41. The maximum Gasteiger partial charge on any atom is 0.197 e. The Bertz CT molecular complexity index is 3700. The van der Waals surface area contributed by atoms with Crippen LogP contribution in [0.15, 0.2) is 133 Å². The minimum atomic E-state index is -0.135. The Labute approximate surface area is 410 Å². The lowest BCUT2D eigenvalue weighted by atomic mass is 9.55. The summed E-state index contributed by atoms with van der Waals surface area (Å²) < 4.78 is 2.70. The lowest BCUT2D eigenvalue weighted by molar-refractivity contribution is 0.332. The van der Waals surface area contributed by atoms with E-state index in [1.54, 1.807) is 0 Å². The summed E-state index contributed by atoms with van der Waals surface area (Å²) in [4.78, 5) is 0. The van der Waals surface area contributed by atoms with Crippen LogP contribution in [0.3, 0.4) is 0 Å². The van der Waals surface area contributed by atoms with Gasteiger partial charge >= 0.3 is 0 Å². The standard InChI is InChI=1S/C66H64BN2/c1-38-23-26-40(27-24-38)68-54-36-51-49(62(2,3)29-31-64(51,6)7)34-44(54)46-33-45(42-20-16-22-48-57(42)43-19-14-15-21-47(43)66(48,10)11)59-58-41-18-13-12-17-39(41)25-28-55(58)69-56-37-52-50(35-53(56)67-60(46)61(59)69)63(4,5)30-32-65(52,8)9/h12-28,33-37,68H,29-32H2,1-11H3. The van der Waals surface area contributed by atoms with Gasteiger partial charge in [-0.2, -0.15) is 0 Å². The quantitative estimate of drug-likeness (QED) is 0.174. The second-order valence-electron chi connectivity index (χ2n) is 24.6. The zero-order chi connectivity index (χ0) is 47.7. The number of hydrogen-bond acceptors (Lipinski definition) is 1. The summed E-state index contributed by atoms with van der Waals surface area (Å²) in [6.07, 6.45) is 4.66. The Kier molecular flexibility index (Phi) is 8.77. The molecule has 0 saturated heterocycles. The zero-order valence-electron chi connectivity index (χ0n) is 42.6. The van der Waals surface area contributed by atoms with Crippen LogP contribution in [0.25, 0.3) is 71.6 Å². The molecule has 0 amide bonds. The second-order valence-corrected chi connectivity index (χ2v) is 24.6. The van der Waals surface area contributed by atoms with E-state index < -0.39 is 0 Å². The third-order valence-electron chi connectivity index (χ3n) is 18.0. The van der Waals surface area contributed by atoms with E-state index in [1.807, 2.05) is 0 Å². The summed E-state index contributed by atoms with van der Waals surface area (Å²) in [6, 6.07) is 52.2. The third kappa shape index (κ3) is 6.04. The van der Waals surface area contributed by atoms with E-state index in [0.29, 0.717) is 0 Å². The van der Waals surface area contributed by atoms with Crippen LogP contribution in [0.4, 0.5) is 11.4 Å². The summed E-state index contributed by atoms with van der Waals surface area (Å²) >= 11 is 0. The van der Waals surface area contributed by atoms with Crippen molar-refractivity contribution < 1.29 is 0 Å². The van der Waals surface area contributed by atoms with Crippen LogP contribution >= 0.6 is 0 Å². The van der Waals surface area contributed by atoms with Gasteiger partial charge in [0.15, 0.2) is 7.28 Å². The Balaban J connectivity index is 1.24. The molecule has 1 aliphatic heterocycles. The topological polar surface area (TPSA) is 17.0 Å². The molecule has 9 aromatic rings. The van der Waals surface area contributed by atoms with Crippen molar-refractivity contribution in [1.29, 1.82) is 0 Å². The Morgan fingerprint density at radius 3 is 1.81 bits per heavy atom. The molecule has 1 N–H and O–H groups in total. The normalized spacial score (nSPS) is 18.2. The van der Waals surface area contributed by atoms with Gasteiger partial charge in [-0.15, -0.1) is 0 Å². The highest BCUT2D eigenvalue weighted by atomic mass is 15.0. The van der Waals surface area contributed by atoms with Gasteiger partial charge in [-0.3, -0.25) is 0 Å². The number of benzene rings is 8. The van der Waals surface area contributed by atoms with Crippen LogP contribution < -0.4 is 16.2 Å². The molecule has 2 nitrogen and oxygen atoms in total. The van der Waals surface area contributed by atoms with Crippen LogP contribution in [-0.4, -0.2) is 11.8 Å². The van der Waals surface area contributed by atoms with E-state index in [9.17, 15) is 0 Å². The molecule has 0 fully saturated rings. The summed E-state index contributed by atoms with van der Waals surface area (Å²) in [7, 11) is 2.59. The smallest absolute Gasteiger partial charge is 0.197 e. The first-order valence-electron chi connectivity index (χ1n) is 25.7. The number of anilines is 2. The second kappa shape index (κ2) is 14.2. The molecule has 0 spiro atoms. The molecule has 4 aliphatic rings. The minimum absolute atomic E-state index is 0.0171. The van der Waals surface area contributed by atoms with Crippen molar-refractivity contribution in [2.75, 3.05) is 5.32 Å². The van der Waals surface area contributed by atoms with Gasteiger partial charge in [0.25, 0.3) is 0 Å². The van der Waals surface area contributed by atoms with Crippen molar-refractivity contribution in [2.45, 2.75) is 129 Å². The van der Waals surface area contributed by atoms with Gasteiger partial charge in [0.05, 0.1) is 5.52 Å². The molecule has 8 aromatic carbocycles. The van der Waals surface area contributed by atoms with Crippen LogP contribution in [-0.2, 0) is 27.1 Å². The highest BCUT2D eigenvalue weighted by Gasteiger charge is 2.42. The molecule has 1 radical (unpaired) electrons. The molecule has 2 heterocycles. The first-order valence-corrected chi connectivity index (χ1v) is 25.7. The monoisotopic (exact) mass is 896 g/mol. The molecule has 0 saturated carbocycles. The zero-order valence-corrected chi connectivity index (χ0v) is 42.6. The molecule has 3 aliphatic carbocycles. The van der Waals surface area contributed by atoms with E-state index in [2.05, 4.69) is 227 Å². The Morgan fingerprint density at radius 2 is 1.09 bits per heavy atom.